The van der Waals surface area contributed by atoms with Gasteiger partial charge in [0.05, 0.1) is 12.7 Å². The molecule has 2 rings (SSSR count). The van der Waals surface area contributed by atoms with Gasteiger partial charge in [0, 0.05) is 38.7 Å². The number of rotatable bonds is 4. The van der Waals surface area contributed by atoms with Crippen LogP contribution in [0.1, 0.15) is 38.8 Å². The quantitative estimate of drug-likeness (QED) is 0.846. The van der Waals surface area contributed by atoms with Gasteiger partial charge in [0.25, 0.3) is 0 Å². The van der Waals surface area contributed by atoms with Gasteiger partial charge in [0.1, 0.15) is 12.4 Å². The maximum Gasteiger partial charge on any atom is 0.248 e. The monoisotopic (exact) mass is 309 g/mol. The van der Waals surface area contributed by atoms with E-state index in [1.165, 1.54) is 0 Å². The molecule has 0 spiro atoms. The van der Waals surface area contributed by atoms with Crippen LogP contribution in [-0.4, -0.2) is 60.6 Å². The van der Waals surface area contributed by atoms with E-state index in [0.29, 0.717) is 6.54 Å². The van der Waals surface area contributed by atoms with E-state index in [1.807, 2.05) is 11.1 Å². The number of aromatic nitrogens is 1. The fourth-order valence-electron chi connectivity index (χ4n) is 2.51. The van der Waals surface area contributed by atoms with Crippen LogP contribution in [0.5, 0.6) is 0 Å². The van der Waals surface area contributed by atoms with E-state index >= 15 is 0 Å². The SMILES string of the molecule is COCC(=O)N1CCCN(Cc2ncc(C(C)(C)C)o2)CC1. The molecule has 2 heterocycles. The molecule has 1 amide bonds. The van der Waals surface area contributed by atoms with Gasteiger partial charge in [-0.25, -0.2) is 4.98 Å². The van der Waals surface area contributed by atoms with E-state index in [1.54, 1.807) is 7.11 Å². The van der Waals surface area contributed by atoms with E-state index in [4.69, 9.17) is 9.15 Å². The summed E-state index contributed by atoms with van der Waals surface area (Å²) in [5.41, 5.74) is -0.0204. The molecule has 0 radical (unpaired) electrons. The van der Waals surface area contributed by atoms with E-state index < -0.39 is 0 Å². The van der Waals surface area contributed by atoms with Crippen LogP contribution in [-0.2, 0) is 21.5 Å². The van der Waals surface area contributed by atoms with Crippen LogP contribution in [0.4, 0.5) is 0 Å². The van der Waals surface area contributed by atoms with Crippen LogP contribution in [0.2, 0.25) is 0 Å². The Hall–Kier alpha value is -1.40. The van der Waals surface area contributed by atoms with Crippen LogP contribution in [0, 0.1) is 0 Å². The summed E-state index contributed by atoms with van der Waals surface area (Å²) in [6.07, 6.45) is 2.78. The molecule has 0 saturated carbocycles. The second-order valence-electron chi connectivity index (χ2n) is 6.81. The average Bonchev–Trinajstić information content (AvgIpc) is 2.78. The Morgan fingerprint density at radius 3 is 2.73 bits per heavy atom. The highest BCUT2D eigenvalue weighted by molar-refractivity contribution is 5.77. The topological polar surface area (TPSA) is 58.8 Å². The van der Waals surface area contributed by atoms with Crippen molar-refractivity contribution in [2.75, 3.05) is 39.9 Å². The summed E-state index contributed by atoms with van der Waals surface area (Å²) in [4.78, 5) is 20.4. The Morgan fingerprint density at radius 1 is 1.32 bits per heavy atom. The molecule has 0 atom stereocenters. The fourth-order valence-corrected chi connectivity index (χ4v) is 2.51. The van der Waals surface area contributed by atoms with Crippen molar-refractivity contribution in [3.8, 4) is 0 Å². The molecule has 0 aromatic carbocycles. The highest BCUT2D eigenvalue weighted by Crippen LogP contribution is 2.23. The second kappa shape index (κ2) is 7.24. The molecule has 0 bridgehead atoms. The van der Waals surface area contributed by atoms with Gasteiger partial charge in [-0.2, -0.15) is 0 Å². The van der Waals surface area contributed by atoms with Crippen molar-refractivity contribution in [2.24, 2.45) is 0 Å². The van der Waals surface area contributed by atoms with Gasteiger partial charge in [0.15, 0.2) is 0 Å². The molecule has 6 nitrogen and oxygen atoms in total. The second-order valence-corrected chi connectivity index (χ2v) is 6.81. The highest BCUT2D eigenvalue weighted by Gasteiger charge is 2.22. The van der Waals surface area contributed by atoms with E-state index in [2.05, 4.69) is 30.7 Å². The largest absolute Gasteiger partial charge is 0.444 e. The average molecular weight is 309 g/mol. The summed E-state index contributed by atoms with van der Waals surface area (Å²) in [5.74, 6) is 1.73. The molecule has 1 saturated heterocycles. The molecule has 0 unspecified atom stereocenters. The van der Waals surface area contributed by atoms with Crippen LogP contribution in [0.3, 0.4) is 0 Å². The van der Waals surface area contributed by atoms with Crippen molar-refractivity contribution in [2.45, 2.75) is 39.2 Å². The van der Waals surface area contributed by atoms with Gasteiger partial charge >= 0.3 is 0 Å². The maximum absolute atomic E-state index is 11.9. The first-order chi connectivity index (χ1) is 10.4. The van der Waals surface area contributed by atoms with Gasteiger partial charge < -0.3 is 14.1 Å². The number of hydrogen-bond acceptors (Lipinski definition) is 5. The first-order valence-corrected chi connectivity index (χ1v) is 7.84. The third-order valence-corrected chi connectivity index (χ3v) is 3.86. The van der Waals surface area contributed by atoms with Gasteiger partial charge in [-0.3, -0.25) is 9.69 Å². The Labute approximate surface area is 132 Å². The molecular formula is C16H27N3O3. The van der Waals surface area contributed by atoms with Gasteiger partial charge in [-0.15, -0.1) is 0 Å². The predicted octanol–water partition coefficient (Wildman–Crippen LogP) is 1.65. The molecule has 1 aliphatic heterocycles. The Balaban J connectivity index is 1.89. The number of hydrogen-bond donors (Lipinski definition) is 0. The zero-order chi connectivity index (χ0) is 16.2. The summed E-state index contributed by atoms with van der Waals surface area (Å²) in [6.45, 7) is 10.5. The molecule has 22 heavy (non-hydrogen) atoms. The number of methoxy groups -OCH3 is 1. The number of carbonyl (C=O) groups excluding carboxylic acids is 1. The normalized spacial score (nSPS) is 17.5. The van der Waals surface area contributed by atoms with Gasteiger partial charge in [-0.05, 0) is 6.42 Å². The summed E-state index contributed by atoms with van der Waals surface area (Å²) in [5, 5.41) is 0. The van der Waals surface area contributed by atoms with E-state index in [-0.39, 0.29) is 17.9 Å². The summed E-state index contributed by atoms with van der Waals surface area (Å²) in [6, 6.07) is 0. The summed E-state index contributed by atoms with van der Waals surface area (Å²) >= 11 is 0. The number of ether oxygens (including phenoxy) is 1. The van der Waals surface area contributed by atoms with Gasteiger partial charge in [0.2, 0.25) is 11.8 Å². The summed E-state index contributed by atoms with van der Waals surface area (Å²) < 4.78 is 10.8. The van der Waals surface area contributed by atoms with E-state index in [0.717, 1.165) is 44.3 Å². The standard InChI is InChI=1S/C16H27N3O3/c1-16(2,3)13-10-17-14(22-13)11-18-6-5-7-19(9-8-18)15(20)12-21-4/h10H,5-9,11-12H2,1-4H3. The molecule has 0 aliphatic carbocycles. The molecule has 1 aromatic heterocycles. The summed E-state index contributed by atoms with van der Waals surface area (Å²) in [7, 11) is 1.55. The number of amides is 1. The first-order valence-electron chi connectivity index (χ1n) is 7.84. The fraction of sp³-hybridized carbons (Fsp3) is 0.750. The third kappa shape index (κ3) is 4.55. The van der Waals surface area contributed by atoms with Crippen molar-refractivity contribution < 1.29 is 13.9 Å². The number of nitrogens with zero attached hydrogens (tertiary/aromatic N) is 3. The van der Waals surface area contributed by atoms with Crippen molar-refractivity contribution in [3.63, 3.8) is 0 Å². The molecule has 0 N–H and O–H groups in total. The minimum Gasteiger partial charge on any atom is -0.444 e. The molecule has 124 valence electrons. The lowest BCUT2D eigenvalue weighted by Crippen LogP contribution is -2.37. The minimum absolute atomic E-state index is 0.0204. The molecular weight excluding hydrogens is 282 g/mol. The highest BCUT2D eigenvalue weighted by atomic mass is 16.5. The van der Waals surface area contributed by atoms with Gasteiger partial charge in [-0.1, -0.05) is 20.8 Å². The smallest absolute Gasteiger partial charge is 0.248 e. The first kappa shape index (κ1) is 17.0. The third-order valence-electron chi connectivity index (χ3n) is 3.86. The lowest BCUT2D eigenvalue weighted by molar-refractivity contribution is -0.135. The van der Waals surface area contributed by atoms with Crippen molar-refractivity contribution in [1.82, 2.24) is 14.8 Å². The Morgan fingerprint density at radius 2 is 2.09 bits per heavy atom. The predicted molar refractivity (Wildman–Crippen MR) is 83.6 cm³/mol. The van der Waals surface area contributed by atoms with Crippen LogP contribution in [0.15, 0.2) is 10.6 Å². The van der Waals surface area contributed by atoms with Crippen LogP contribution >= 0.6 is 0 Å². The minimum atomic E-state index is -0.0204. The molecule has 1 aromatic rings. The van der Waals surface area contributed by atoms with Crippen LogP contribution in [0.25, 0.3) is 0 Å². The number of oxazole rings is 1. The molecule has 1 aliphatic rings. The Bertz CT molecular complexity index is 493. The van der Waals surface area contributed by atoms with E-state index in [9.17, 15) is 4.79 Å². The maximum atomic E-state index is 11.9. The van der Waals surface area contributed by atoms with Crippen LogP contribution < -0.4 is 0 Å². The van der Waals surface area contributed by atoms with Crippen molar-refractivity contribution in [3.05, 3.63) is 17.8 Å². The lowest BCUT2D eigenvalue weighted by Gasteiger charge is -2.21. The zero-order valence-corrected chi connectivity index (χ0v) is 14.1. The zero-order valence-electron chi connectivity index (χ0n) is 14.1. The molecule has 6 heteroatoms. The lowest BCUT2D eigenvalue weighted by atomic mass is 9.94. The Kier molecular flexibility index (Phi) is 5.58. The van der Waals surface area contributed by atoms with Crippen molar-refractivity contribution >= 4 is 5.91 Å². The van der Waals surface area contributed by atoms with Crippen molar-refractivity contribution in [1.29, 1.82) is 0 Å². The molecule has 1 fully saturated rings. The number of carbonyl (C=O) groups is 1.